The lowest BCUT2D eigenvalue weighted by Gasteiger charge is -2.11. The van der Waals surface area contributed by atoms with Gasteiger partial charge in [-0.25, -0.2) is 0 Å². The Balaban J connectivity index is 1.63. The van der Waals surface area contributed by atoms with Gasteiger partial charge in [0.2, 0.25) is 0 Å². The molecule has 1 heterocycles. The van der Waals surface area contributed by atoms with E-state index >= 15 is 0 Å². The van der Waals surface area contributed by atoms with Crippen LogP contribution < -0.4 is 5.32 Å². The van der Waals surface area contributed by atoms with Gasteiger partial charge >= 0.3 is 0 Å². The highest BCUT2D eigenvalue weighted by Crippen LogP contribution is 2.57. The first-order chi connectivity index (χ1) is 8.63. The van der Waals surface area contributed by atoms with Gasteiger partial charge in [0.05, 0.1) is 11.1 Å². The highest BCUT2D eigenvalue weighted by Gasteiger charge is 2.64. The van der Waals surface area contributed by atoms with Crippen molar-refractivity contribution in [1.29, 1.82) is 0 Å². The lowest BCUT2D eigenvalue weighted by Crippen LogP contribution is -2.34. The molecule has 2 aliphatic rings. The summed E-state index contributed by atoms with van der Waals surface area (Å²) in [5, 5.41) is 3.55. The first-order valence-corrected chi connectivity index (χ1v) is 7.60. The fraction of sp³-hybridized carbons (Fsp3) is 0.385. The molecule has 3 unspecified atom stereocenters. The summed E-state index contributed by atoms with van der Waals surface area (Å²) in [6.07, 6.45) is 0. The maximum atomic E-state index is 12.0. The molecular formula is C13H13BrN2OS. The van der Waals surface area contributed by atoms with Crippen LogP contribution in [0.3, 0.4) is 0 Å². The van der Waals surface area contributed by atoms with E-state index in [1.807, 2.05) is 29.8 Å². The zero-order valence-electron chi connectivity index (χ0n) is 9.89. The number of nitrogens with one attached hydrogen (secondary N) is 1. The lowest BCUT2D eigenvalue weighted by atomic mass is 10.2. The van der Waals surface area contributed by atoms with Crippen molar-refractivity contribution < 1.29 is 4.79 Å². The molecule has 1 aliphatic heterocycles. The van der Waals surface area contributed by atoms with Crippen molar-refractivity contribution in [3.63, 3.8) is 0 Å². The van der Waals surface area contributed by atoms with E-state index in [1.165, 1.54) is 0 Å². The third kappa shape index (κ3) is 1.89. The van der Waals surface area contributed by atoms with Crippen molar-refractivity contribution in [2.24, 2.45) is 10.9 Å². The molecule has 1 saturated carbocycles. The first-order valence-electron chi connectivity index (χ1n) is 5.86. The van der Waals surface area contributed by atoms with Crippen molar-refractivity contribution in [1.82, 2.24) is 5.32 Å². The van der Waals surface area contributed by atoms with Gasteiger partial charge in [-0.05, 0) is 30.2 Å². The minimum absolute atomic E-state index is 0.0261. The highest BCUT2D eigenvalue weighted by atomic mass is 79.9. The highest BCUT2D eigenvalue weighted by molar-refractivity contribution is 9.10. The second kappa shape index (κ2) is 4.38. The Morgan fingerprint density at radius 3 is 2.83 bits per heavy atom. The molecule has 1 aromatic rings. The van der Waals surface area contributed by atoms with Crippen molar-refractivity contribution in [2.75, 3.05) is 6.54 Å². The summed E-state index contributed by atoms with van der Waals surface area (Å²) in [5.74, 6) is 0.541. The van der Waals surface area contributed by atoms with Crippen molar-refractivity contribution in [2.45, 2.75) is 17.7 Å². The molecule has 3 atom stereocenters. The maximum Gasteiger partial charge on any atom is 0.251 e. The molecule has 1 aliphatic carbocycles. The van der Waals surface area contributed by atoms with E-state index < -0.39 is 0 Å². The summed E-state index contributed by atoms with van der Waals surface area (Å²) < 4.78 is 0.977. The Bertz CT molecular complexity index is 516. The van der Waals surface area contributed by atoms with E-state index in [1.54, 1.807) is 11.8 Å². The smallest absolute Gasteiger partial charge is 0.251 e. The number of hydrogen-bond donors (Lipinski definition) is 1. The number of aliphatic imine (C=N–C) groups is 1. The number of hydrogen-bond acceptors (Lipinski definition) is 3. The number of carbonyl (C=O) groups is 1. The topological polar surface area (TPSA) is 41.5 Å². The van der Waals surface area contributed by atoms with Crippen molar-refractivity contribution in [3.05, 3.63) is 34.3 Å². The molecule has 0 radical (unpaired) electrons. The molecule has 1 fully saturated rings. The second-order valence-electron chi connectivity index (χ2n) is 4.76. The molecule has 5 heteroatoms. The van der Waals surface area contributed by atoms with Crippen molar-refractivity contribution >= 4 is 39.1 Å². The van der Waals surface area contributed by atoms with Crippen LogP contribution in [0, 0.1) is 5.92 Å². The Hall–Kier alpha value is -0.810. The Kier molecular flexibility index (Phi) is 2.98. The number of benzene rings is 1. The van der Waals surface area contributed by atoms with Crippen LogP contribution in [0.15, 0.2) is 33.7 Å². The quantitative estimate of drug-likeness (QED) is 0.928. The number of rotatable bonds is 3. The van der Waals surface area contributed by atoms with E-state index in [0.717, 1.165) is 4.47 Å². The van der Waals surface area contributed by atoms with Gasteiger partial charge in [0.1, 0.15) is 0 Å². The zero-order chi connectivity index (χ0) is 12.8. The molecule has 1 aromatic carbocycles. The van der Waals surface area contributed by atoms with Gasteiger partial charge in [-0.1, -0.05) is 22.9 Å². The number of nitrogens with zero attached hydrogens (tertiary/aromatic N) is 1. The number of carbonyl (C=O) groups excluding carboxylic acids is 1. The van der Waals surface area contributed by atoms with Crippen LogP contribution in [0.1, 0.15) is 17.3 Å². The summed E-state index contributed by atoms with van der Waals surface area (Å²) in [4.78, 5) is 16.5. The summed E-state index contributed by atoms with van der Waals surface area (Å²) in [6, 6.07) is 7.38. The van der Waals surface area contributed by atoms with Crippen LogP contribution in [0.2, 0.25) is 0 Å². The average molecular weight is 325 g/mol. The van der Waals surface area contributed by atoms with Gasteiger partial charge < -0.3 is 5.32 Å². The Morgan fingerprint density at radius 2 is 2.22 bits per heavy atom. The van der Waals surface area contributed by atoms with Crippen LogP contribution in [0.25, 0.3) is 0 Å². The predicted molar refractivity (Wildman–Crippen MR) is 78.2 cm³/mol. The lowest BCUT2D eigenvalue weighted by molar-refractivity contribution is 0.0949. The molecule has 1 N–H and O–H groups in total. The normalized spacial score (nSPS) is 32.1. The van der Waals surface area contributed by atoms with Crippen LogP contribution in [0.5, 0.6) is 0 Å². The third-order valence-corrected chi connectivity index (χ3v) is 5.63. The monoisotopic (exact) mass is 324 g/mol. The van der Waals surface area contributed by atoms with Gasteiger partial charge in [0, 0.05) is 21.8 Å². The van der Waals surface area contributed by atoms with E-state index in [4.69, 9.17) is 0 Å². The molecule has 3 nitrogen and oxygen atoms in total. The molecule has 0 bridgehead atoms. The van der Waals surface area contributed by atoms with E-state index in [0.29, 0.717) is 23.3 Å². The van der Waals surface area contributed by atoms with E-state index in [-0.39, 0.29) is 11.4 Å². The minimum atomic E-state index is -0.0321. The molecule has 0 spiro atoms. The molecule has 94 valence electrons. The van der Waals surface area contributed by atoms with Gasteiger partial charge in [-0.3, -0.25) is 9.79 Å². The van der Waals surface area contributed by atoms with Crippen LogP contribution >= 0.6 is 27.7 Å². The summed E-state index contributed by atoms with van der Waals surface area (Å²) in [6.45, 7) is 2.83. The molecule has 18 heavy (non-hydrogen) atoms. The van der Waals surface area contributed by atoms with Gasteiger partial charge in [0.15, 0.2) is 0 Å². The van der Waals surface area contributed by atoms with Crippen LogP contribution in [0.4, 0.5) is 0 Å². The fourth-order valence-electron chi connectivity index (χ4n) is 2.42. The summed E-state index contributed by atoms with van der Waals surface area (Å²) in [7, 11) is 0. The largest absolute Gasteiger partial charge is 0.350 e. The molecular weight excluding hydrogens is 312 g/mol. The van der Waals surface area contributed by atoms with E-state index in [2.05, 4.69) is 33.2 Å². The first kappa shape index (κ1) is 12.2. The van der Waals surface area contributed by atoms with Crippen LogP contribution in [-0.4, -0.2) is 28.8 Å². The number of amides is 1. The van der Waals surface area contributed by atoms with Crippen molar-refractivity contribution in [3.8, 4) is 0 Å². The maximum absolute atomic E-state index is 12.0. The molecule has 0 saturated heterocycles. The summed E-state index contributed by atoms with van der Waals surface area (Å²) in [5.41, 5.74) is 2.57. The van der Waals surface area contributed by atoms with Gasteiger partial charge in [-0.2, -0.15) is 0 Å². The Labute approximate surface area is 119 Å². The SMILES string of the molecule is CC1C2SC=NC12CNC(=O)c1ccc(Br)cc1. The molecule has 3 rings (SSSR count). The van der Waals surface area contributed by atoms with Crippen LogP contribution in [-0.2, 0) is 0 Å². The zero-order valence-corrected chi connectivity index (χ0v) is 12.3. The number of fused-ring (bicyclic) bond motifs is 1. The minimum Gasteiger partial charge on any atom is -0.350 e. The Morgan fingerprint density at radius 1 is 1.50 bits per heavy atom. The number of halogens is 1. The molecule has 1 amide bonds. The van der Waals surface area contributed by atoms with Gasteiger partial charge in [-0.15, -0.1) is 11.8 Å². The standard InChI is InChI=1S/C13H13BrN2OS/c1-8-11-13(8,16-7-18-11)6-15-12(17)9-2-4-10(14)5-3-9/h2-5,7-8,11H,6H2,1H3,(H,15,17). The third-order valence-electron chi connectivity index (χ3n) is 3.77. The second-order valence-corrected chi connectivity index (χ2v) is 6.67. The molecule has 0 aromatic heterocycles. The van der Waals surface area contributed by atoms with E-state index in [9.17, 15) is 4.79 Å². The van der Waals surface area contributed by atoms with Gasteiger partial charge in [0.25, 0.3) is 5.91 Å². The fourth-order valence-corrected chi connectivity index (χ4v) is 4.06. The summed E-state index contributed by atoms with van der Waals surface area (Å²) >= 11 is 5.14. The number of thioether (sulfide) groups is 1. The predicted octanol–water partition coefficient (Wildman–Crippen LogP) is 2.71. The average Bonchev–Trinajstić information content (AvgIpc) is 2.76.